The van der Waals surface area contributed by atoms with E-state index in [9.17, 15) is 19.7 Å². The molecular formula is C27H22N2O6. The van der Waals surface area contributed by atoms with Gasteiger partial charge in [0.2, 0.25) is 5.76 Å². The highest BCUT2D eigenvalue weighted by Crippen LogP contribution is 2.39. The number of non-ortho nitro benzene ring substituents is 1. The van der Waals surface area contributed by atoms with E-state index in [4.69, 9.17) is 9.15 Å². The minimum absolute atomic E-state index is 0.0161. The summed E-state index contributed by atoms with van der Waals surface area (Å²) in [6.45, 7) is 2.16. The first-order valence-electron chi connectivity index (χ1n) is 11.1. The Morgan fingerprint density at radius 2 is 1.83 bits per heavy atom. The van der Waals surface area contributed by atoms with Gasteiger partial charge in [0, 0.05) is 18.7 Å². The van der Waals surface area contributed by atoms with Crippen LogP contribution in [0.2, 0.25) is 0 Å². The summed E-state index contributed by atoms with van der Waals surface area (Å²) in [7, 11) is 1.59. The SMILES string of the molecule is COc1ccc(CCN2C(=O)c3oc4ccc(C)cc4c(=O)c3C2c2cccc([N+](=O)[O-])c2)cc1. The van der Waals surface area contributed by atoms with Crippen molar-refractivity contribution in [1.82, 2.24) is 4.90 Å². The predicted octanol–water partition coefficient (Wildman–Crippen LogP) is 4.81. The molecule has 0 N–H and O–H groups in total. The molecule has 2 heterocycles. The van der Waals surface area contributed by atoms with Crippen LogP contribution in [0.1, 0.15) is 38.9 Å². The van der Waals surface area contributed by atoms with Crippen LogP contribution >= 0.6 is 0 Å². The molecule has 35 heavy (non-hydrogen) atoms. The predicted molar refractivity (Wildman–Crippen MR) is 130 cm³/mol. The second kappa shape index (κ2) is 8.72. The zero-order chi connectivity index (χ0) is 24.7. The Morgan fingerprint density at radius 1 is 1.06 bits per heavy atom. The number of ether oxygens (including phenoxy) is 1. The zero-order valence-corrected chi connectivity index (χ0v) is 19.2. The van der Waals surface area contributed by atoms with Crippen LogP contribution in [0.3, 0.4) is 0 Å². The minimum Gasteiger partial charge on any atom is -0.497 e. The van der Waals surface area contributed by atoms with Gasteiger partial charge >= 0.3 is 0 Å². The fraction of sp³-hybridized carbons (Fsp3) is 0.185. The van der Waals surface area contributed by atoms with Crippen LogP contribution in [0.5, 0.6) is 5.75 Å². The molecule has 8 heteroatoms. The van der Waals surface area contributed by atoms with Gasteiger partial charge in [-0.05, 0) is 48.7 Å². The third-order valence-corrected chi connectivity index (χ3v) is 6.32. The molecule has 0 fully saturated rings. The number of nitro groups is 1. The lowest BCUT2D eigenvalue weighted by molar-refractivity contribution is -0.384. The maximum atomic E-state index is 13.6. The average Bonchev–Trinajstić information content (AvgIpc) is 3.15. The summed E-state index contributed by atoms with van der Waals surface area (Å²) >= 11 is 0. The van der Waals surface area contributed by atoms with Gasteiger partial charge in [0.15, 0.2) is 5.43 Å². The molecule has 0 saturated heterocycles. The Morgan fingerprint density at radius 3 is 2.54 bits per heavy atom. The Kier molecular flexibility index (Phi) is 5.56. The van der Waals surface area contributed by atoms with E-state index >= 15 is 0 Å². The third kappa shape index (κ3) is 3.93. The molecule has 5 rings (SSSR count). The number of rotatable bonds is 6. The van der Waals surface area contributed by atoms with Crippen LogP contribution in [0, 0.1) is 17.0 Å². The van der Waals surface area contributed by atoms with Crippen molar-refractivity contribution in [2.24, 2.45) is 0 Å². The molecule has 1 atom stereocenters. The summed E-state index contributed by atoms with van der Waals surface area (Å²) in [5, 5.41) is 11.8. The summed E-state index contributed by atoms with van der Waals surface area (Å²) in [4.78, 5) is 39.7. The van der Waals surface area contributed by atoms with Gasteiger partial charge in [-0.1, -0.05) is 35.9 Å². The number of fused-ring (bicyclic) bond motifs is 2. The van der Waals surface area contributed by atoms with Crippen LogP contribution in [0.4, 0.5) is 5.69 Å². The summed E-state index contributed by atoms with van der Waals surface area (Å²) in [5.74, 6) is 0.298. The van der Waals surface area contributed by atoms with Crippen molar-refractivity contribution < 1.29 is 18.9 Å². The van der Waals surface area contributed by atoms with Crippen molar-refractivity contribution in [3.63, 3.8) is 0 Å². The largest absolute Gasteiger partial charge is 0.497 e. The summed E-state index contributed by atoms with van der Waals surface area (Å²) in [6, 6.07) is 18.0. The first-order chi connectivity index (χ1) is 16.9. The zero-order valence-electron chi connectivity index (χ0n) is 19.2. The van der Waals surface area contributed by atoms with Crippen LogP contribution < -0.4 is 10.2 Å². The number of hydrogen-bond donors (Lipinski definition) is 0. The summed E-state index contributed by atoms with van der Waals surface area (Å²) in [6.07, 6.45) is 0.516. The second-order valence-electron chi connectivity index (χ2n) is 8.52. The molecule has 176 valence electrons. The van der Waals surface area contributed by atoms with Crippen molar-refractivity contribution in [2.75, 3.05) is 13.7 Å². The molecule has 1 aliphatic rings. The molecule has 1 unspecified atom stereocenters. The Balaban J connectivity index is 1.63. The number of amides is 1. The van der Waals surface area contributed by atoms with Gasteiger partial charge < -0.3 is 14.1 Å². The first-order valence-corrected chi connectivity index (χ1v) is 11.1. The Hall–Kier alpha value is -4.46. The van der Waals surface area contributed by atoms with E-state index in [1.165, 1.54) is 12.1 Å². The smallest absolute Gasteiger partial charge is 0.290 e. The molecule has 1 aromatic heterocycles. The molecule has 4 aromatic rings. The number of benzene rings is 3. The number of carbonyl (C=O) groups excluding carboxylic acids is 1. The van der Waals surface area contributed by atoms with Gasteiger partial charge in [-0.15, -0.1) is 0 Å². The summed E-state index contributed by atoms with van der Waals surface area (Å²) < 4.78 is 11.2. The van der Waals surface area contributed by atoms with Crippen LogP contribution in [0.25, 0.3) is 11.0 Å². The highest BCUT2D eigenvalue weighted by molar-refractivity contribution is 5.99. The third-order valence-electron chi connectivity index (χ3n) is 6.32. The van der Waals surface area contributed by atoms with Gasteiger partial charge in [0.05, 0.1) is 29.0 Å². The molecule has 1 amide bonds. The number of carbonyl (C=O) groups is 1. The monoisotopic (exact) mass is 470 g/mol. The Labute approximate surface area is 200 Å². The lowest BCUT2D eigenvalue weighted by atomic mass is 9.97. The van der Waals surface area contributed by atoms with E-state index in [2.05, 4.69) is 0 Å². The first kappa shape index (κ1) is 22.3. The van der Waals surface area contributed by atoms with Crippen molar-refractivity contribution >= 4 is 22.6 Å². The fourth-order valence-corrected chi connectivity index (χ4v) is 4.56. The normalized spacial score (nSPS) is 14.9. The van der Waals surface area contributed by atoms with Crippen molar-refractivity contribution in [1.29, 1.82) is 0 Å². The standard InChI is InChI=1S/C27H22N2O6/c1-16-6-11-22-21(14-16)25(30)23-24(18-4-3-5-19(15-18)29(32)33)28(27(31)26(23)35-22)13-12-17-7-9-20(34-2)10-8-17/h3-11,14-15,24H,12-13H2,1-2H3. The van der Waals surface area contributed by atoms with Crippen molar-refractivity contribution in [3.8, 4) is 5.75 Å². The van der Waals surface area contributed by atoms with Crippen molar-refractivity contribution in [2.45, 2.75) is 19.4 Å². The second-order valence-corrected chi connectivity index (χ2v) is 8.52. The van der Waals surface area contributed by atoms with Crippen LogP contribution in [0.15, 0.2) is 75.9 Å². The molecule has 0 aliphatic carbocycles. The molecule has 1 aliphatic heterocycles. The number of aryl methyl sites for hydroxylation is 1. The lowest BCUT2D eigenvalue weighted by Gasteiger charge is -2.25. The number of methoxy groups -OCH3 is 1. The van der Waals surface area contributed by atoms with Gasteiger partial charge in [-0.2, -0.15) is 0 Å². The van der Waals surface area contributed by atoms with Crippen molar-refractivity contribution in [3.05, 3.63) is 115 Å². The minimum atomic E-state index is -0.795. The molecule has 0 bridgehead atoms. The van der Waals surface area contributed by atoms with E-state index in [-0.39, 0.29) is 29.0 Å². The average molecular weight is 470 g/mol. The molecule has 0 spiro atoms. The fourth-order valence-electron chi connectivity index (χ4n) is 4.56. The van der Waals surface area contributed by atoms with Crippen LogP contribution in [-0.2, 0) is 6.42 Å². The number of hydrogen-bond acceptors (Lipinski definition) is 6. The molecule has 3 aromatic carbocycles. The highest BCUT2D eigenvalue weighted by atomic mass is 16.6. The molecular weight excluding hydrogens is 448 g/mol. The topological polar surface area (TPSA) is 103 Å². The number of nitro benzene ring substituents is 1. The summed E-state index contributed by atoms with van der Waals surface area (Å²) in [5.41, 5.74) is 2.48. The quantitative estimate of drug-likeness (QED) is 0.296. The maximum absolute atomic E-state index is 13.6. The molecule has 8 nitrogen and oxygen atoms in total. The molecule has 0 saturated carbocycles. The number of nitrogens with zero attached hydrogens (tertiary/aromatic N) is 2. The van der Waals surface area contributed by atoms with E-state index in [1.54, 1.807) is 36.3 Å². The van der Waals surface area contributed by atoms with Crippen LogP contribution in [-0.4, -0.2) is 29.4 Å². The molecule has 0 radical (unpaired) electrons. The van der Waals surface area contributed by atoms with Gasteiger partial charge in [0.25, 0.3) is 11.6 Å². The van der Waals surface area contributed by atoms with E-state index < -0.39 is 16.9 Å². The van der Waals surface area contributed by atoms with E-state index in [0.29, 0.717) is 23.0 Å². The van der Waals surface area contributed by atoms with E-state index in [0.717, 1.165) is 16.9 Å². The van der Waals surface area contributed by atoms with Gasteiger partial charge in [-0.3, -0.25) is 19.7 Å². The lowest BCUT2D eigenvalue weighted by Crippen LogP contribution is -2.31. The Bertz CT molecular complexity index is 1520. The highest BCUT2D eigenvalue weighted by Gasteiger charge is 2.42. The van der Waals surface area contributed by atoms with Gasteiger partial charge in [-0.25, -0.2) is 0 Å². The van der Waals surface area contributed by atoms with Gasteiger partial charge in [0.1, 0.15) is 11.3 Å². The maximum Gasteiger partial charge on any atom is 0.290 e. The van der Waals surface area contributed by atoms with E-state index in [1.807, 2.05) is 37.3 Å².